The summed E-state index contributed by atoms with van der Waals surface area (Å²) in [5.41, 5.74) is 6.69. The SMILES string of the molecule is CCOP(=O)(OCC)c1c(N)n(CC2CC2)c2ccccc2c1=O. The number of pyridine rings is 1. The van der Waals surface area contributed by atoms with Crippen LogP contribution in [0.15, 0.2) is 29.1 Å². The Balaban J connectivity index is 2.30. The molecule has 1 heterocycles. The standard InChI is InChI=1S/C17H23N2O4P/c1-3-22-24(21,23-4-2)16-15(20)13-7-5-6-8-14(13)19(17(16)18)11-12-9-10-12/h5-8,12H,3-4,9-11,18H2,1-2H3. The molecule has 6 nitrogen and oxygen atoms in total. The van der Waals surface area contributed by atoms with Crippen molar-refractivity contribution >= 4 is 29.6 Å². The van der Waals surface area contributed by atoms with Crippen LogP contribution in [0.5, 0.6) is 0 Å². The van der Waals surface area contributed by atoms with Crippen molar-refractivity contribution in [3.63, 3.8) is 0 Å². The van der Waals surface area contributed by atoms with Crippen LogP contribution in [-0.4, -0.2) is 17.8 Å². The highest BCUT2D eigenvalue weighted by molar-refractivity contribution is 7.62. The number of anilines is 1. The summed E-state index contributed by atoms with van der Waals surface area (Å²) in [6.45, 7) is 4.48. The lowest BCUT2D eigenvalue weighted by Gasteiger charge is -2.22. The molecule has 7 heteroatoms. The molecular formula is C17H23N2O4P. The molecule has 1 fully saturated rings. The Hall–Kier alpha value is -1.62. The number of fused-ring (bicyclic) bond motifs is 1. The van der Waals surface area contributed by atoms with E-state index in [2.05, 4.69) is 0 Å². The molecule has 0 spiro atoms. The molecule has 1 aromatic heterocycles. The van der Waals surface area contributed by atoms with Gasteiger partial charge in [-0.1, -0.05) is 12.1 Å². The number of nitrogen functional groups attached to an aromatic ring is 1. The molecule has 1 aromatic carbocycles. The summed E-state index contributed by atoms with van der Waals surface area (Å²) in [5, 5.41) is 0.451. The zero-order valence-corrected chi connectivity index (χ0v) is 14.9. The van der Waals surface area contributed by atoms with Crippen molar-refractivity contribution in [3.05, 3.63) is 34.5 Å². The lowest BCUT2D eigenvalue weighted by atomic mass is 10.2. The fourth-order valence-corrected chi connectivity index (χ4v) is 4.71. The monoisotopic (exact) mass is 350 g/mol. The number of para-hydroxylation sites is 1. The van der Waals surface area contributed by atoms with Crippen LogP contribution in [0.1, 0.15) is 26.7 Å². The zero-order valence-electron chi connectivity index (χ0n) is 14.0. The average molecular weight is 350 g/mol. The number of nitrogens with zero attached hydrogens (tertiary/aromatic N) is 1. The van der Waals surface area contributed by atoms with Crippen molar-refractivity contribution in [2.24, 2.45) is 5.92 Å². The number of hydrogen-bond donors (Lipinski definition) is 1. The molecule has 0 saturated heterocycles. The highest BCUT2D eigenvalue weighted by atomic mass is 31.2. The van der Waals surface area contributed by atoms with E-state index in [0.717, 1.165) is 18.4 Å². The quantitative estimate of drug-likeness (QED) is 0.776. The summed E-state index contributed by atoms with van der Waals surface area (Å²) < 4.78 is 25.9. The van der Waals surface area contributed by atoms with Crippen molar-refractivity contribution in [1.82, 2.24) is 4.57 Å². The summed E-state index contributed by atoms with van der Waals surface area (Å²) in [6, 6.07) is 7.25. The fourth-order valence-electron chi connectivity index (χ4n) is 2.93. The van der Waals surface area contributed by atoms with E-state index >= 15 is 0 Å². The summed E-state index contributed by atoms with van der Waals surface area (Å²) in [6.07, 6.45) is 2.29. The predicted octanol–water partition coefficient (Wildman–Crippen LogP) is 2.89. The van der Waals surface area contributed by atoms with Gasteiger partial charge >= 0.3 is 7.60 Å². The molecule has 0 radical (unpaired) electrons. The van der Waals surface area contributed by atoms with Gasteiger partial charge in [0.25, 0.3) is 0 Å². The van der Waals surface area contributed by atoms with Crippen LogP contribution in [0.2, 0.25) is 0 Å². The van der Waals surface area contributed by atoms with Gasteiger partial charge in [0.1, 0.15) is 5.82 Å². The number of nitrogens with two attached hydrogens (primary N) is 1. The first-order valence-electron chi connectivity index (χ1n) is 8.32. The topological polar surface area (TPSA) is 83.5 Å². The van der Waals surface area contributed by atoms with Crippen molar-refractivity contribution in [2.75, 3.05) is 18.9 Å². The smallest absolute Gasteiger partial charge is 0.368 e. The van der Waals surface area contributed by atoms with Gasteiger partial charge in [0, 0.05) is 11.9 Å². The normalized spacial score (nSPS) is 15.1. The Morgan fingerprint density at radius 1 is 1.21 bits per heavy atom. The minimum atomic E-state index is -3.76. The van der Waals surface area contributed by atoms with Gasteiger partial charge in [0.2, 0.25) is 5.43 Å². The molecular weight excluding hydrogens is 327 g/mol. The molecule has 0 amide bonds. The number of rotatable bonds is 7. The van der Waals surface area contributed by atoms with E-state index in [9.17, 15) is 9.36 Å². The third-order valence-corrected chi connectivity index (χ3v) is 6.37. The predicted molar refractivity (Wildman–Crippen MR) is 95.8 cm³/mol. The maximum atomic E-state index is 13.2. The second-order valence-corrected chi connectivity index (χ2v) is 7.93. The molecule has 24 heavy (non-hydrogen) atoms. The first-order valence-corrected chi connectivity index (χ1v) is 9.86. The Bertz CT molecular complexity index is 848. The van der Waals surface area contributed by atoms with E-state index in [1.165, 1.54) is 0 Å². The van der Waals surface area contributed by atoms with E-state index in [1.807, 2.05) is 16.7 Å². The Kier molecular flexibility index (Phi) is 4.81. The first-order chi connectivity index (χ1) is 11.5. The van der Waals surface area contributed by atoms with E-state index < -0.39 is 7.60 Å². The van der Waals surface area contributed by atoms with Crippen LogP contribution >= 0.6 is 7.60 Å². The maximum Gasteiger partial charge on any atom is 0.368 e. The van der Waals surface area contributed by atoms with Gasteiger partial charge in [0.05, 0.1) is 18.7 Å². The fraction of sp³-hybridized carbons (Fsp3) is 0.471. The zero-order chi connectivity index (χ0) is 17.3. The van der Waals surface area contributed by atoms with Crippen molar-refractivity contribution in [3.8, 4) is 0 Å². The van der Waals surface area contributed by atoms with Crippen LogP contribution in [0.3, 0.4) is 0 Å². The molecule has 0 bridgehead atoms. The molecule has 0 atom stereocenters. The van der Waals surface area contributed by atoms with Gasteiger partial charge in [-0.15, -0.1) is 0 Å². The number of aromatic nitrogens is 1. The van der Waals surface area contributed by atoms with E-state index in [-0.39, 0.29) is 29.8 Å². The van der Waals surface area contributed by atoms with Crippen LogP contribution < -0.4 is 16.5 Å². The number of benzene rings is 1. The lowest BCUT2D eigenvalue weighted by molar-refractivity contribution is 0.230. The third kappa shape index (κ3) is 3.02. The summed E-state index contributed by atoms with van der Waals surface area (Å²) >= 11 is 0. The van der Waals surface area contributed by atoms with E-state index in [1.54, 1.807) is 26.0 Å². The molecule has 0 unspecified atom stereocenters. The van der Waals surface area contributed by atoms with E-state index in [4.69, 9.17) is 14.8 Å². The third-order valence-electron chi connectivity index (χ3n) is 4.20. The van der Waals surface area contributed by atoms with E-state index in [0.29, 0.717) is 17.8 Å². The summed E-state index contributed by atoms with van der Waals surface area (Å²) in [4.78, 5) is 13.0. The Labute approximate surface area is 141 Å². The Morgan fingerprint density at radius 2 is 1.83 bits per heavy atom. The summed E-state index contributed by atoms with van der Waals surface area (Å²) in [5.74, 6) is 0.737. The number of hydrogen-bond acceptors (Lipinski definition) is 5. The minimum Gasteiger partial charge on any atom is -0.384 e. The molecule has 1 aliphatic carbocycles. The van der Waals surface area contributed by atoms with Gasteiger partial charge in [-0.05, 0) is 44.7 Å². The van der Waals surface area contributed by atoms with Crippen LogP contribution in [-0.2, 0) is 20.2 Å². The largest absolute Gasteiger partial charge is 0.384 e. The van der Waals surface area contributed by atoms with Crippen LogP contribution in [0, 0.1) is 5.92 Å². The Morgan fingerprint density at radius 3 is 2.42 bits per heavy atom. The van der Waals surface area contributed by atoms with Crippen LogP contribution in [0.4, 0.5) is 5.82 Å². The summed E-state index contributed by atoms with van der Waals surface area (Å²) in [7, 11) is -3.76. The van der Waals surface area contributed by atoms with Gasteiger partial charge in [-0.3, -0.25) is 9.36 Å². The first kappa shape index (κ1) is 17.2. The molecule has 0 aliphatic heterocycles. The van der Waals surface area contributed by atoms with Crippen molar-refractivity contribution in [1.29, 1.82) is 0 Å². The highest BCUT2D eigenvalue weighted by Gasteiger charge is 2.35. The van der Waals surface area contributed by atoms with Crippen molar-refractivity contribution < 1.29 is 13.6 Å². The average Bonchev–Trinajstić information content (AvgIpc) is 3.36. The van der Waals surface area contributed by atoms with Gasteiger partial charge < -0.3 is 19.3 Å². The van der Waals surface area contributed by atoms with Gasteiger partial charge in [-0.2, -0.15) is 0 Å². The minimum absolute atomic E-state index is 0.0365. The second kappa shape index (κ2) is 6.71. The molecule has 2 aromatic rings. The molecule has 1 saturated carbocycles. The molecule has 130 valence electrons. The molecule has 1 aliphatic rings. The lowest BCUT2D eigenvalue weighted by Crippen LogP contribution is -2.34. The second-order valence-electron chi connectivity index (χ2n) is 5.97. The molecule has 2 N–H and O–H groups in total. The van der Waals surface area contributed by atoms with Gasteiger partial charge in [0.15, 0.2) is 5.30 Å². The van der Waals surface area contributed by atoms with Crippen LogP contribution in [0.25, 0.3) is 10.9 Å². The molecule has 3 rings (SSSR count). The van der Waals surface area contributed by atoms with Crippen molar-refractivity contribution in [2.45, 2.75) is 33.2 Å². The van der Waals surface area contributed by atoms with Gasteiger partial charge in [-0.25, -0.2) is 0 Å². The maximum absolute atomic E-state index is 13.2. The highest BCUT2D eigenvalue weighted by Crippen LogP contribution is 2.48.